The van der Waals surface area contributed by atoms with Gasteiger partial charge in [-0.25, -0.2) is 9.97 Å². The summed E-state index contributed by atoms with van der Waals surface area (Å²) in [5.74, 6) is 6.88. The highest BCUT2D eigenvalue weighted by Crippen LogP contribution is 2.19. The SMILES string of the molecule is CC(=O)NC(C)Cc1ccc(C#Cc2ccnc(N3CCC(C#N)C3)n2)cc1. The predicted octanol–water partition coefficient (Wildman–Crippen LogP) is 2.29. The summed E-state index contributed by atoms with van der Waals surface area (Å²) in [6.45, 7) is 4.99. The van der Waals surface area contributed by atoms with Crippen LogP contribution in [0.25, 0.3) is 0 Å². The van der Waals surface area contributed by atoms with Gasteiger partial charge in [0.05, 0.1) is 12.0 Å². The van der Waals surface area contributed by atoms with Crippen molar-refractivity contribution in [2.24, 2.45) is 5.92 Å². The number of anilines is 1. The van der Waals surface area contributed by atoms with Gasteiger partial charge in [0.25, 0.3) is 0 Å². The van der Waals surface area contributed by atoms with Crippen LogP contribution in [0.4, 0.5) is 5.95 Å². The largest absolute Gasteiger partial charge is 0.354 e. The Morgan fingerprint density at radius 2 is 2.11 bits per heavy atom. The second kappa shape index (κ2) is 9.01. The Balaban J connectivity index is 1.64. The highest BCUT2D eigenvalue weighted by Gasteiger charge is 2.23. The van der Waals surface area contributed by atoms with E-state index in [1.807, 2.05) is 36.1 Å². The molecule has 2 unspecified atom stereocenters. The van der Waals surface area contributed by atoms with Crippen LogP contribution in [-0.2, 0) is 11.2 Å². The van der Waals surface area contributed by atoms with Gasteiger partial charge >= 0.3 is 0 Å². The van der Waals surface area contributed by atoms with Gasteiger partial charge < -0.3 is 10.2 Å². The fourth-order valence-corrected chi connectivity index (χ4v) is 3.23. The van der Waals surface area contributed by atoms with Crippen molar-refractivity contribution in [3.05, 3.63) is 53.3 Å². The normalized spacial score (nSPS) is 16.6. The van der Waals surface area contributed by atoms with Gasteiger partial charge in [-0.05, 0) is 49.4 Å². The van der Waals surface area contributed by atoms with Gasteiger partial charge in [-0.2, -0.15) is 5.26 Å². The number of nitrogens with zero attached hydrogens (tertiary/aromatic N) is 4. The number of aromatic nitrogens is 2. The number of rotatable bonds is 4. The van der Waals surface area contributed by atoms with E-state index in [1.54, 1.807) is 12.3 Å². The van der Waals surface area contributed by atoms with Gasteiger partial charge in [-0.15, -0.1) is 0 Å². The molecule has 1 N–H and O–H groups in total. The van der Waals surface area contributed by atoms with Crippen molar-refractivity contribution in [3.63, 3.8) is 0 Å². The highest BCUT2D eigenvalue weighted by molar-refractivity contribution is 5.73. The Labute approximate surface area is 165 Å². The van der Waals surface area contributed by atoms with Gasteiger partial charge in [-0.1, -0.05) is 18.1 Å². The Bertz CT molecular complexity index is 936. The van der Waals surface area contributed by atoms with E-state index in [1.165, 1.54) is 6.92 Å². The molecule has 0 saturated carbocycles. The lowest BCUT2D eigenvalue weighted by molar-refractivity contribution is -0.119. The summed E-state index contributed by atoms with van der Waals surface area (Å²) in [6.07, 6.45) is 3.34. The first kappa shape index (κ1) is 19.4. The van der Waals surface area contributed by atoms with E-state index in [2.05, 4.69) is 33.2 Å². The minimum absolute atomic E-state index is 0.0173. The molecule has 6 heteroatoms. The lowest BCUT2D eigenvalue weighted by Gasteiger charge is -2.14. The van der Waals surface area contributed by atoms with Crippen LogP contribution in [0.15, 0.2) is 36.5 Å². The first-order chi connectivity index (χ1) is 13.5. The summed E-state index contributed by atoms with van der Waals surface area (Å²) in [5, 5.41) is 11.9. The Hall–Kier alpha value is -3.38. The molecule has 1 saturated heterocycles. The number of benzene rings is 1. The van der Waals surface area contributed by atoms with E-state index in [-0.39, 0.29) is 17.9 Å². The average molecular weight is 373 g/mol. The van der Waals surface area contributed by atoms with E-state index >= 15 is 0 Å². The summed E-state index contributed by atoms with van der Waals surface area (Å²) in [7, 11) is 0. The quantitative estimate of drug-likeness (QED) is 0.832. The number of nitriles is 1. The van der Waals surface area contributed by atoms with Crippen LogP contribution in [0.5, 0.6) is 0 Å². The topological polar surface area (TPSA) is 81.9 Å². The molecule has 142 valence electrons. The van der Waals surface area contributed by atoms with Crippen molar-refractivity contribution in [2.75, 3.05) is 18.0 Å². The minimum atomic E-state index is -0.0173. The van der Waals surface area contributed by atoms with Crippen molar-refractivity contribution in [2.45, 2.75) is 32.7 Å². The minimum Gasteiger partial charge on any atom is -0.354 e. The van der Waals surface area contributed by atoms with Gasteiger partial charge in [0, 0.05) is 37.8 Å². The molecule has 1 aliphatic rings. The van der Waals surface area contributed by atoms with Crippen LogP contribution in [-0.4, -0.2) is 35.0 Å². The molecule has 3 rings (SSSR count). The van der Waals surface area contributed by atoms with Gasteiger partial charge in [-0.3, -0.25) is 4.79 Å². The molecule has 1 aromatic heterocycles. The van der Waals surface area contributed by atoms with E-state index in [9.17, 15) is 4.79 Å². The summed E-state index contributed by atoms with van der Waals surface area (Å²) in [6, 6.07) is 12.2. The molecule has 6 nitrogen and oxygen atoms in total. The van der Waals surface area contributed by atoms with E-state index in [0.29, 0.717) is 18.2 Å². The maximum Gasteiger partial charge on any atom is 0.226 e. The fourth-order valence-electron chi connectivity index (χ4n) is 3.23. The van der Waals surface area contributed by atoms with Gasteiger partial charge in [0.15, 0.2) is 0 Å². The molecule has 2 aromatic rings. The molecular formula is C22H23N5O. The molecule has 1 amide bonds. The van der Waals surface area contributed by atoms with Gasteiger partial charge in [0.1, 0.15) is 5.69 Å². The van der Waals surface area contributed by atoms with Crippen LogP contribution in [0, 0.1) is 29.1 Å². The molecule has 2 heterocycles. The summed E-state index contributed by atoms with van der Waals surface area (Å²) < 4.78 is 0. The smallest absolute Gasteiger partial charge is 0.226 e. The fraction of sp³-hybridized carbons (Fsp3) is 0.364. The second-order valence-corrected chi connectivity index (χ2v) is 7.06. The lowest BCUT2D eigenvalue weighted by atomic mass is 10.1. The van der Waals surface area contributed by atoms with Crippen molar-refractivity contribution < 1.29 is 4.79 Å². The van der Waals surface area contributed by atoms with Crippen LogP contribution >= 0.6 is 0 Å². The van der Waals surface area contributed by atoms with Crippen LogP contribution < -0.4 is 10.2 Å². The zero-order chi connectivity index (χ0) is 19.9. The number of hydrogen-bond donors (Lipinski definition) is 1. The molecule has 1 aromatic carbocycles. The standard InChI is InChI=1S/C22H23N5O/c1-16(25-17(2)28)13-19-5-3-18(4-6-19)7-8-21-9-11-24-22(26-21)27-12-10-20(14-23)15-27/h3-6,9,11,16,20H,10,12-13,15H2,1-2H3,(H,25,28). The molecule has 0 bridgehead atoms. The molecule has 0 aliphatic carbocycles. The number of nitrogens with one attached hydrogen (secondary N) is 1. The molecule has 28 heavy (non-hydrogen) atoms. The summed E-state index contributed by atoms with van der Waals surface area (Å²) in [4.78, 5) is 22.0. The van der Waals surface area contributed by atoms with Gasteiger partial charge in [0.2, 0.25) is 11.9 Å². The molecule has 0 spiro atoms. The van der Waals surface area contributed by atoms with E-state index in [4.69, 9.17) is 5.26 Å². The molecule has 1 aliphatic heterocycles. The summed E-state index contributed by atoms with van der Waals surface area (Å²) in [5.41, 5.74) is 2.72. The molecular weight excluding hydrogens is 350 g/mol. The predicted molar refractivity (Wildman–Crippen MR) is 107 cm³/mol. The number of carbonyl (C=O) groups excluding carboxylic acids is 1. The zero-order valence-electron chi connectivity index (χ0n) is 16.1. The van der Waals surface area contributed by atoms with Crippen molar-refractivity contribution in [1.82, 2.24) is 15.3 Å². The third-order valence-electron chi connectivity index (χ3n) is 4.58. The Morgan fingerprint density at radius 1 is 1.32 bits per heavy atom. The van der Waals surface area contributed by atoms with E-state index < -0.39 is 0 Å². The summed E-state index contributed by atoms with van der Waals surface area (Å²) >= 11 is 0. The third kappa shape index (κ3) is 5.31. The molecule has 0 radical (unpaired) electrons. The first-order valence-electron chi connectivity index (χ1n) is 9.39. The third-order valence-corrected chi connectivity index (χ3v) is 4.58. The van der Waals surface area contributed by atoms with Crippen molar-refractivity contribution >= 4 is 11.9 Å². The van der Waals surface area contributed by atoms with Crippen LogP contribution in [0.2, 0.25) is 0 Å². The van der Waals surface area contributed by atoms with Crippen molar-refractivity contribution in [1.29, 1.82) is 5.26 Å². The average Bonchev–Trinajstić information content (AvgIpc) is 3.16. The maximum absolute atomic E-state index is 11.1. The lowest BCUT2D eigenvalue weighted by Crippen LogP contribution is -2.31. The number of amides is 1. The van der Waals surface area contributed by atoms with E-state index in [0.717, 1.165) is 30.5 Å². The highest BCUT2D eigenvalue weighted by atomic mass is 16.1. The van der Waals surface area contributed by atoms with Crippen LogP contribution in [0.3, 0.4) is 0 Å². The number of hydrogen-bond acceptors (Lipinski definition) is 5. The molecule has 2 atom stereocenters. The van der Waals surface area contributed by atoms with Crippen LogP contribution in [0.1, 0.15) is 37.1 Å². The monoisotopic (exact) mass is 373 g/mol. The molecule has 1 fully saturated rings. The second-order valence-electron chi connectivity index (χ2n) is 7.06. The van der Waals surface area contributed by atoms with Crippen molar-refractivity contribution in [3.8, 4) is 17.9 Å². The Kier molecular flexibility index (Phi) is 6.24. The zero-order valence-corrected chi connectivity index (χ0v) is 16.1. The first-order valence-corrected chi connectivity index (χ1v) is 9.39. The maximum atomic E-state index is 11.1. The Morgan fingerprint density at radius 3 is 2.79 bits per heavy atom. The number of carbonyl (C=O) groups is 1.